The maximum Gasteiger partial charge on any atom is 0.309 e. The van der Waals surface area contributed by atoms with Crippen molar-refractivity contribution in [2.45, 2.75) is 54.2 Å². The normalized spacial score (nSPS) is 21.2. The van der Waals surface area contributed by atoms with Crippen molar-refractivity contribution >= 4 is 25.8 Å². The van der Waals surface area contributed by atoms with Gasteiger partial charge in [-0.05, 0) is 72.9 Å². The van der Waals surface area contributed by atoms with Crippen molar-refractivity contribution in [3.8, 4) is 0 Å². The SMILES string of the molecule is CCOC(=O)C(C)C1CC2(CCN(S(=O)(=O)c3ccc(S(C)(=O)=O)cc3)CC2)c2ccccc21. The predicted molar refractivity (Wildman–Crippen MR) is 129 cm³/mol. The molecule has 1 aliphatic carbocycles. The van der Waals surface area contributed by atoms with Crippen molar-refractivity contribution in [2.24, 2.45) is 5.92 Å². The molecule has 0 N–H and O–H groups in total. The molecule has 2 atom stereocenters. The third-order valence-electron chi connectivity index (χ3n) is 7.37. The van der Waals surface area contributed by atoms with Crippen LogP contribution in [0.1, 0.15) is 50.2 Å². The lowest BCUT2D eigenvalue weighted by Gasteiger charge is -2.40. The van der Waals surface area contributed by atoms with Crippen molar-refractivity contribution < 1.29 is 26.4 Å². The van der Waals surface area contributed by atoms with Crippen LogP contribution >= 0.6 is 0 Å². The fraction of sp³-hybridized carbons (Fsp3) is 0.480. The average Bonchev–Trinajstić information content (AvgIpc) is 3.12. The van der Waals surface area contributed by atoms with Crippen LogP contribution in [0.15, 0.2) is 58.3 Å². The van der Waals surface area contributed by atoms with Crippen molar-refractivity contribution in [1.29, 1.82) is 0 Å². The van der Waals surface area contributed by atoms with Crippen LogP contribution in [-0.2, 0) is 34.8 Å². The van der Waals surface area contributed by atoms with Gasteiger partial charge in [0.2, 0.25) is 10.0 Å². The number of fused-ring (bicyclic) bond motifs is 2. The quantitative estimate of drug-likeness (QED) is 0.558. The molecule has 1 fully saturated rings. The van der Waals surface area contributed by atoms with E-state index in [1.807, 2.05) is 19.1 Å². The summed E-state index contributed by atoms with van der Waals surface area (Å²) in [7, 11) is -7.13. The van der Waals surface area contributed by atoms with Gasteiger partial charge in [-0.2, -0.15) is 4.31 Å². The van der Waals surface area contributed by atoms with E-state index >= 15 is 0 Å². The average molecular weight is 506 g/mol. The minimum Gasteiger partial charge on any atom is -0.466 e. The molecular weight excluding hydrogens is 474 g/mol. The van der Waals surface area contributed by atoms with Gasteiger partial charge in [0, 0.05) is 19.3 Å². The van der Waals surface area contributed by atoms with Gasteiger partial charge in [0.15, 0.2) is 9.84 Å². The summed E-state index contributed by atoms with van der Waals surface area (Å²) in [4.78, 5) is 12.7. The van der Waals surface area contributed by atoms with E-state index in [1.54, 1.807) is 6.92 Å². The number of hydrogen-bond acceptors (Lipinski definition) is 6. The molecule has 7 nitrogen and oxygen atoms in total. The minimum atomic E-state index is -3.73. The Labute approximate surface area is 202 Å². The Morgan fingerprint density at radius 2 is 1.62 bits per heavy atom. The zero-order valence-electron chi connectivity index (χ0n) is 19.7. The Kier molecular flexibility index (Phi) is 6.65. The van der Waals surface area contributed by atoms with E-state index in [0.29, 0.717) is 32.5 Å². The van der Waals surface area contributed by atoms with Crippen LogP contribution in [-0.4, -0.2) is 53.1 Å². The molecule has 0 saturated carbocycles. The highest BCUT2D eigenvalue weighted by molar-refractivity contribution is 7.90. The predicted octanol–water partition coefficient (Wildman–Crippen LogP) is 3.50. The van der Waals surface area contributed by atoms with Gasteiger partial charge in [0.05, 0.1) is 22.3 Å². The monoisotopic (exact) mass is 505 g/mol. The van der Waals surface area contributed by atoms with Crippen molar-refractivity contribution in [3.05, 3.63) is 59.7 Å². The molecule has 9 heteroatoms. The van der Waals surface area contributed by atoms with Gasteiger partial charge in [-0.3, -0.25) is 4.79 Å². The van der Waals surface area contributed by atoms with Gasteiger partial charge in [-0.1, -0.05) is 31.2 Å². The summed E-state index contributed by atoms with van der Waals surface area (Å²) in [5, 5.41) is 0. The van der Waals surface area contributed by atoms with E-state index in [9.17, 15) is 21.6 Å². The Hall–Kier alpha value is -2.23. The number of carbonyl (C=O) groups is 1. The molecule has 2 unspecified atom stereocenters. The van der Waals surface area contributed by atoms with E-state index in [2.05, 4.69) is 12.1 Å². The lowest BCUT2D eigenvalue weighted by molar-refractivity contribution is -0.148. The molecule has 0 amide bonds. The first-order valence-electron chi connectivity index (χ1n) is 11.6. The second-order valence-corrected chi connectivity index (χ2v) is 13.3. The zero-order valence-corrected chi connectivity index (χ0v) is 21.4. The van der Waals surface area contributed by atoms with Crippen LogP contribution in [0.2, 0.25) is 0 Å². The largest absolute Gasteiger partial charge is 0.466 e. The third kappa shape index (κ3) is 4.41. The Morgan fingerprint density at radius 1 is 1.03 bits per heavy atom. The van der Waals surface area contributed by atoms with E-state index < -0.39 is 19.9 Å². The molecule has 0 aromatic heterocycles. The number of sulfonamides is 1. The second kappa shape index (κ2) is 9.09. The standard InChI is InChI=1S/C25H31NO6S2/c1-4-32-24(27)18(2)22-17-25(23-8-6-5-7-21(22)23)13-15-26(16-14-25)34(30,31)20-11-9-19(10-12-20)33(3,28)29/h5-12,18,22H,4,13-17H2,1-3H3. The molecule has 2 aliphatic rings. The van der Waals surface area contributed by atoms with Gasteiger partial charge < -0.3 is 4.74 Å². The summed E-state index contributed by atoms with van der Waals surface area (Å²) in [5.74, 6) is -0.422. The van der Waals surface area contributed by atoms with Crippen LogP contribution < -0.4 is 0 Å². The van der Waals surface area contributed by atoms with Gasteiger partial charge in [-0.25, -0.2) is 16.8 Å². The minimum absolute atomic E-state index is 0.0435. The number of rotatable bonds is 6. The highest BCUT2D eigenvalue weighted by atomic mass is 32.2. The van der Waals surface area contributed by atoms with Crippen LogP contribution in [0.25, 0.3) is 0 Å². The number of piperidine rings is 1. The number of benzene rings is 2. The highest BCUT2D eigenvalue weighted by Gasteiger charge is 2.49. The molecule has 184 valence electrons. The summed E-state index contributed by atoms with van der Waals surface area (Å²) >= 11 is 0. The summed E-state index contributed by atoms with van der Waals surface area (Å²) < 4.78 is 56.7. The fourth-order valence-electron chi connectivity index (χ4n) is 5.46. The van der Waals surface area contributed by atoms with E-state index in [1.165, 1.54) is 34.1 Å². The van der Waals surface area contributed by atoms with Gasteiger partial charge in [0.25, 0.3) is 0 Å². The maximum absolute atomic E-state index is 13.2. The Morgan fingerprint density at radius 3 is 2.21 bits per heavy atom. The smallest absolute Gasteiger partial charge is 0.309 e. The molecule has 1 spiro atoms. The van der Waals surface area contributed by atoms with Crippen LogP contribution in [0.4, 0.5) is 0 Å². The molecule has 34 heavy (non-hydrogen) atoms. The molecule has 1 saturated heterocycles. The number of hydrogen-bond donors (Lipinski definition) is 0. The van der Waals surface area contributed by atoms with Crippen LogP contribution in [0.5, 0.6) is 0 Å². The van der Waals surface area contributed by atoms with Crippen LogP contribution in [0, 0.1) is 5.92 Å². The molecule has 1 heterocycles. The number of esters is 1. The van der Waals surface area contributed by atoms with Gasteiger partial charge in [-0.15, -0.1) is 0 Å². The highest BCUT2D eigenvalue weighted by Crippen LogP contribution is 2.54. The van der Waals surface area contributed by atoms with Crippen molar-refractivity contribution in [3.63, 3.8) is 0 Å². The summed E-state index contributed by atoms with van der Waals surface area (Å²) in [5.41, 5.74) is 2.20. The first-order chi connectivity index (χ1) is 16.0. The Balaban J connectivity index is 1.55. The fourth-order valence-corrected chi connectivity index (χ4v) is 7.54. The third-order valence-corrected chi connectivity index (χ3v) is 10.4. The molecule has 4 rings (SSSR count). The molecule has 2 aromatic carbocycles. The molecular formula is C25H31NO6S2. The van der Waals surface area contributed by atoms with Gasteiger partial charge >= 0.3 is 5.97 Å². The lowest BCUT2D eigenvalue weighted by Crippen LogP contribution is -2.44. The topological polar surface area (TPSA) is 97.8 Å². The van der Waals surface area contributed by atoms with Crippen molar-refractivity contribution in [2.75, 3.05) is 26.0 Å². The molecule has 0 radical (unpaired) electrons. The molecule has 2 aromatic rings. The summed E-state index contributed by atoms with van der Waals surface area (Å²) in [6, 6.07) is 13.6. The lowest BCUT2D eigenvalue weighted by atomic mass is 9.73. The number of carbonyl (C=O) groups excluding carboxylic acids is 1. The van der Waals surface area contributed by atoms with E-state index in [4.69, 9.17) is 4.74 Å². The summed E-state index contributed by atoms with van der Waals surface area (Å²) in [6.45, 7) is 4.80. The number of sulfone groups is 1. The summed E-state index contributed by atoms with van der Waals surface area (Å²) in [6.07, 6.45) is 3.22. The van der Waals surface area contributed by atoms with Crippen LogP contribution in [0.3, 0.4) is 0 Å². The second-order valence-electron chi connectivity index (χ2n) is 9.37. The van der Waals surface area contributed by atoms with E-state index in [0.717, 1.165) is 18.2 Å². The zero-order chi connectivity index (χ0) is 24.7. The maximum atomic E-state index is 13.2. The first kappa shape index (κ1) is 24.9. The van der Waals surface area contributed by atoms with Crippen molar-refractivity contribution in [1.82, 2.24) is 4.31 Å². The van der Waals surface area contributed by atoms with E-state index in [-0.39, 0.29) is 33.0 Å². The molecule has 1 aliphatic heterocycles. The number of nitrogens with zero attached hydrogens (tertiary/aromatic N) is 1. The molecule has 0 bridgehead atoms. The Bertz CT molecular complexity index is 1280. The van der Waals surface area contributed by atoms with Gasteiger partial charge in [0.1, 0.15) is 0 Å². The number of ether oxygens (including phenoxy) is 1. The first-order valence-corrected chi connectivity index (χ1v) is 14.9.